The van der Waals surface area contributed by atoms with E-state index in [0.29, 0.717) is 28.5 Å². The molecule has 1 saturated carbocycles. The van der Waals surface area contributed by atoms with Crippen LogP contribution in [-0.2, 0) is 27.8 Å². The third-order valence-electron chi connectivity index (χ3n) is 7.60. The van der Waals surface area contributed by atoms with Crippen LogP contribution in [0.15, 0.2) is 41.6 Å². The molecular weight excluding hydrogens is 527 g/mol. The van der Waals surface area contributed by atoms with Gasteiger partial charge in [0.15, 0.2) is 27.8 Å². The number of halogens is 2. The van der Waals surface area contributed by atoms with Gasteiger partial charge in [0.1, 0.15) is 5.60 Å². The van der Waals surface area contributed by atoms with E-state index in [1.165, 1.54) is 6.07 Å². The van der Waals surface area contributed by atoms with E-state index in [4.69, 9.17) is 21.1 Å². The highest BCUT2D eigenvalue weighted by Gasteiger charge is 2.52. The minimum Gasteiger partial charge on any atom is -0.488 e. The summed E-state index contributed by atoms with van der Waals surface area (Å²) in [7, 11) is 1.85. The molecule has 2 unspecified atom stereocenters. The predicted molar refractivity (Wildman–Crippen MR) is 146 cm³/mol. The Morgan fingerprint density at radius 1 is 1.21 bits per heavy atom. The molecule has 202 valence electrons. The highest BCUT2D eigenvalue weighted by molar-refractivity contribution is 8.01. The third kappa shape index (κ3) is 5.43. The average molecular weight is 559 g/mol. The number of imidazole rings is 1. The summed E-state index contributed by atoms with van der Waals surface area (Å²) in [4.78, 5) is 31.5. The fraction of sp³-hybridized carbons (Fsp3) is 0.483. The molecule has 0 amide bonds. The third-order valence-corrected chi connectivity index (χ3v) is 9.11. The molecule has 2 aromatic carbocycles. The van der Waals surface area contributed by atoms with Crippen LogP contribution in [0, 0.1) is 11.7 Å². The molecule has 38 heavy (non-hydrogen) atoms. The maximum absolute atomic E-state index is 14.6. The summed E-state index contributed by atoms with van der Waals surface area (Å²) < 4.78 is 28.2. The first kappa shape index (κ1) is 27.0. The fourth-order valence-corrected chi connectivity index (χ4v) is 6.86. The van der Waals surface area contributed by atoms with E-state index in [1.54, 1.807) is 18.2 Å². The molecule has 2 aliphatic rings. The molecule has 6 nitrogen and oxygen atoms in total. The van der Waals surface area contributed by atoms with Gasteiger partial charge >= 0.3 is 5.97 Å². The monoisotopic (exact) mass is 558 g/mol. The lowest BCUT2D eigenvalue weighted by Crippen LogP contribution is -2.53. The molecule has 3 aromatic rings. The SMILES string of the molecule is CC(C)Oc1ccc(CCC2(C3CCCC3)CC(=O)C(Sc3nc4cc(Cl)ccc4n3C)C(=O)O2)cc1F. The Morgan fingerprint density at radius 3 is 2.66 bits per heavy atom. The van der Waals surface area contributed by atoms with Crippen LogP contribution >= 0.6 is 23.4 Å². The number of carbonyl (C=O) groups excluding carboxylic acids is 2. The van der Waals surface area contributed by atoms with Crippen LogP contribution in [0.2, 0.25) is 5.02 Å². The maximum Gasteiger partial charge on any atom is 0.327 e. The van der Waals surface area contributed by atoms with Crippen molar-refractivity contribution in [3.05, 3.63) is 52.8 Å². The molecule has 2 heterocycles. The number of benzene rings is 2. The molecule has 1 aliphatic carbocycles. The fourth-order valence-electron chi connectivity index (χ4n) is 5.71. The molecule has 0 radical (unpaired) electrons. The van der Waals surface area contributed by atoms with Crippen LogP contribution in [0.1, 0.15) is 57.9 Å². The second kappa shape index (κ2) is 10.9. The van der Waals surface area contributed by atoms with Gasteiger partial charge in [0.2, 0.25) is 0 Å². The molecule has 2 atom stereocenters. The summed E-state index contributed by atoms with van der Waals surface area (Å²) >= 11 is 7.24. The van der Waals surface area contributed by atoms with Gasteiger partial charge in [-0.3, -0.25) is 9.59 Å². The van der Waals surface area contributed by atoms with Gasteiger partial charge in [0.25, 0.3) is 0 Å². The number of hydrogen-bond acceptors (Lipinski definition) is 6. The Hall–Kier alpha value is -2.58. The highest BCUT2D eigenvalue weighted by Crippen LogP contribution is 2.46. The topological polar surface area (TPSA) is 70.4 Å². The van der Waals surface area contributed by atoms with Crippen molar-refractivity contribution >= 4 is 46.1 Å². The number of fused-ring (bicyclic) bond motifs is 1. The molecule has 0 bridgehead atoms. The largest absolute Gasteiger partial charge is 0.488 e. The molecule has 0 N–H and O–H groups in total. The predicted octanol–water partition coefficient (Wildman–Crippen LogP) is 6.69. The number of esters is 1. The molecule has 1 saturated heterocycles. The van der Waals surface area contributed by atoms with Gasteiger partial charge in [0.05, 0.1) is 17.1 Å². The zero-order valence-corrected chi connectivity index (χ0v) is 23.4. The molecule has 0 spiro atoms. The Kier molecular flexibility index (Phi) is 7.74. The number of Topliss-reactive ketones (excluding diaryl/α,β-unsaturated/α-hetero) is 1. The second-order valence-electron chi connectivity index (χ2n) is 10.6. The lowest BCUT2D eigenvalue weighted by molar-refractivity contribution is -0.177. The van der Waals surface area contributed by atoms with Gasteiger partial charge in [-0.25, -0.2) is 9.37 Å². The minimum atomic E-state index is -0.972. The van der Waals surface area contributed by atoms with Gasteiger partial charge < -0.3 is 14.0 Å². The number of rotatable bonds is 8. The van der Waals surface area contributed by atoms with E-state index >= 15 is 0 Å². The number of ether oxygens (including phenoxy) is 2. The number of aromatic nitrogens is 2. The number of thioether (sulfide) groups is 1. The lowest BCUT2D eigenvalue weighted by atomic mass is 9.76. The van der Waals surface area contributed by atoms with Crippen molar-refractivity contribution in [1.29, 1.82) is 0 Å². The zero-order valence-electron chi connectivity index (χ0n) is 21.8. The number of carbonyl (C=O) groups is 2. The number of hydrogen-bond donors (Lipinski definition) is 0. The Bertz CT molecular complexity index is 1350. The van der Waals surface area contributed by atoms with Crippen molar-refractivity contribution in [1.82, 2.24) is 9.55 Å². The molecule has 2 fully saturated rings. The summed E-state index contributed by atoms with van der Waals surface area (Å²) in [6.07, 6.45) is 4.94. The summed E-state index contributed by atoms with van der Waals surface area (Å²) in [5, 5.41) is 0.161. The van der Waals surface area contributed by atoms with E-state index < -0.39 is 22.6 Å². The Labute approximate surface area is 231 Å². The minimum absolute atomic E-state index is 0.118. The Morgan fingerprint density at radius 2 is 1.97 bits per heavy atom. The molecule has 9 heteroatoms. The van der Waals surface area contributed by atoms with Gasteiger partial charge in [-0.1, -0.05) is 42.3 Å². The first-order valence-electron chi connectivity index (χ1n) is 13.1. The van der Waals surface area contributed by atoms with Crippen molar-refractivity contribution < 1.29 is 23.5 Å². The van der Waals surface area contributed by atoms with E-state index in [2.05, 4.69) is 4.98 Å². The average Bonchev–Trinajstić information content (AvgIpc) is 3.50. The van der Waals surface area contributed by atoms with Crippen LogP contribution in [0.5, 0.6) is 5.75 Å². The van der Waals surface area contributed by atoms with Crippen LogP contribution in [-0.4, -0.2) is 38.3 Å². The molecular formula is C29H32ClFN2O4S. The first-order chi connectivity index (χ1) is 18.1. The molecule has 5 rings (SSSR count). The standard InChI is InChI=1S/C29H32ClFN2O4S/c1-17(2)36-25-11-8-18(14-21(25)31)12-13-29(19-6-4-5-7-19)16-24(34)26(27(35)37-29)38-28-32-22-15-20(30)9-10-23(22)33(28)3/h8-11,14-15,17,19,26H,4-7,12-13,16H2,1-3H3. The number of ketones is 1. The van der Waals surface area contributed by atoms with E-state index in [-0.39, 0.29) is 30.0 Å². The van der Waals surface area contributed by atoms with Crippen molar-refractivity contribution in [3.63, 3.8) is 0 Å². The van der Waals surface area contributed by atoms with Gasteiger partial charge in [-0.15, -0.1) is 0 Å². The van der Waals surface area contributed by atoms with Crippen molar-refractivity contribution in [3.8, 4) is 5.75 Å². The van der Waals surface area contributed by atoms with Crippen molar-refractivity contribution in [2.45, 2.75) is 80.9 Å². The normalized spacial score (nSPS) is 22.4. The van der Waals surface area contributed by atoms with Crippen LogP contribution in [0.4, 0.5) is 4.39 Å². The van der Waals surface area contributed by atoms with E-state index in [9.17, 15) is 14.0 Å². The maximum atomic E-state index is 14.6. The van der Waals surface area contributed by atoms with E-state index in [0.717, 1.165) is 48.5 Å². The number of nitrogens with zero attached hydrogens (tertiary/aromatic N) is 2. The quantitative estimate of drug-likeness (QED) is 0.226. The zero-order chi connectivity index (χ0) is 27.0. The summed E-state index contributed by atoms with van der Waals surface area (Å²) in [6, 6.07) is 10.4. The first-order valence-corrected chi connectivity index (χ1v) is 14.4. The lowest BCUT2D eigenvalue weighted by Gasteiger charge is -2.42. The number of aryl methyl sites for hydroxylation is 2. The van der Waals surface area contributed by atoms with Gasteiger partial charge in [0, 0.05) is 18.5 Å². The van der Waals surface area contributed by atoms with Crippen LogP contribution < -0.4 is 4.74 Å². The smallest absolute Gasteiger partial charge is 0.327 e. The summed E-state index contributed by atoms with van der Waals surface area (Å²) in [5.41, 5.74) is 1.49. The summed E-state index contributed by atoms with van der Waals surface area (Å²) in [5.74, 6) is -0.738. The van der Waals surface area contributed by atoms with E-state index in [1.807, 2.05) is 37.6 Å². The van der Waals surface area contributed by atoms with Crippen molar-refractivity contribution in [2.24, 2.45) is 13.0 Å². The number of cyclic esters (lactones) is 1. The second-order valence-corrected chi connectivity index (χ2v) is 12.1. The van der Waals surface area contributed by atoms with Crippen LogP contribution in [0.25, 0.3) is 11.0 Å². The highest BCUT2D eigenvalue weighted by atomic mass is 35.5. The van der Waals surface area contributed by atoms with Crippen LogP contribution in [0.3, 0.4) is 0 Å². The molecule has 1 aliphatic heterocycles. The van der Waals surface area contributed by atoms with Gasteiger partial charge in [-0.2, -0.15) is 0 Å². The van der Waals surface area contributed by atoms with Crippen molar-refractivity contribution in [2.75, 3.05) is 0 Å². The molecule has 1 aromatic heterocycles. The van der Waals surface area contributed by atoms with Gasteiger partial charge in [-0.05, 0) is 81.3 Å². The Balaban J connectivity index is 1.34. The summed E-state index contributed by atoms with van der Waals surface area (Å²) in [6.45, 7) is 3.70.